The van der Waals surface area contributed by atoms with Gasteiger partial charge in [-0.2, -0.15) is 10.5 Å². The Bertz CT molecular complexity index is 4010. The number of ether oxygens (including phenoxy) is 2. The Hall–Kier alpha value is -11.2. The Labute approximate surface area is 490 Å². The van der Waals surface area contributed by atoms with Crippen molar-refractivity contribution < 1.29 is 33.8 Å². The lowest BCUT2D eigenvalue weighted by molar-refractivity contribution is -0.128. The highest BCUT2D eigenvalue weighted by molar-refractivity contribution is 6.10. The van der Waals surface area contributed by atoms with Crippen LogP contribution in [0.25, 0.3) is 44.3 Å². The van der Waals surface area contributed by atoms with Gasteiger partial charge in [0.25, 0.3) is 11.8 Å². The Morgan fingerprint density at radius 3 is 1.59 bits per heavy atom. The third-order valence-corrected chi connectivity index (χ3v) is 14.5. The number of anilines is 4. The summed E-state index contributed by atoms with van der Waals surface area (Å²) in [7, 11) is 1.58. The van der Waals surface area contributed by atoms with E-state index in [1.54, 1.807) is 41.2 Å². The molecule has 4 heterocycles. The van der Waals surface area contributed by atoms with Gasteiger partial charge in [0.1, 0.15) is 41.1 Å². The first-order valence-corrected chi connectivity index (χ1v) is 27.4. The van der Waals surface area contributed by atoms with Gasteiger partial charge in [0, 0.05) is 85.4 Å². The number of carbonyl (C=O) groups excluding carboxylic acids is 4. The molecule has 2 aliphatic heterocycles. The molecule has 4 amide bonds. The number of carbonyl (C=O) groups is 4. The maximum absolute atomic E-state index is 13.8. The van der Waals surface area contributed by atoms with Crippen LogP contribution in [0.2, 0.25) is 0 Å². The molecule has 2 aliphatic rings. The quantitative estimate of drug-likeness (QED) is 0.0858. The topological polar surface area (TPSA) is 243 Å². The van der Waals surface area contributed by atoms with Gasteiger partial charge in [0.05, 0.1) is 55.5 Å². The van der Waals surface area contributed by atoms with Crippen LogP contribution in [0.5, 0.6) is 11.5 Å². The second kappa shape index (κ2) is 26.6. The van der Waals surface area contributed by atoms with Crippen LogP contribution in [0.3, 0.4) is 0 Å². The maximum Gasteiger partial charge on any atom is 0.410 e. The van der Waals surface area contributed by atoms with E-state index >= 15 is 0 Å². The van der Waals surface area contributed by atoms with Crippen molar-refractivity contribution in [3.8, 4) is 46.4 Å². The number of piperazine rings is 2. The fourth-order valence-electron chi connectivity index (χ4n) is 10.3. The summed E-state index contributed by atoms with van der Waals surface area (Å²) in [5, 5.41) is 38.5. The lowest BCUT2D eigenvalue weighted by Gasteiger charge is -2.40. The fraction of sp³-hybridized carbons (Fsp3) is 0.182. The van der Waals surface area contributed by atoms with E-state index in [0.29, 0.717) is 79.7 Å². The molecule has 2 aromatic heterocycles. The second-order valence-corrected chi connectivity index (χ2v) is 20.0. The minimum Gasteiger partial charge on any atom is -0.508 e. The first kappa shape index (κ1) is 57.1. The number of methoxy groups -OCH3 is 1. The number of phenolic OH excluding ortho intramolecular Hbond substituents is 1. The first-order chi connectivity index (χ1) is 41.5. The van der Waals surface area contributed by atoms with Gasteiger partial charge < -0.3 is 44.8 Å². The number of phenols is 1. The predicted octanol–water partition coefficient (Wildman–Crippen LogP) is 10.7. The molecule has 424 valence electrons. The Kier molecular flexibility index (Phi) is 17.9. The Morgan fingerprint density at radius 1 is 0.600 bits per heavy atom. The van der Waals surface area contributed by atoms with Gasteiger partial charge in [-0.15, -0.1) is 0 Å². The fourth-order valence-corrected chi connectivity index (χ4v) is 10.3. The van der Waals surface area contributed by atoms with E-state index < -0.39 is 23.9 Å². The summed E-state index contributed by atoms with van der Waals surface area (Å²) >= 11 is 0. The highest BCUT2D eigenvalue weighted by Gasteiger charge is 2.34. The number of hydrogen-bond donors (Lipinski definition) is 3. The van der Waals surface area contributed by atoms with Gasteiger partial charge in [-0.3, -0.25) is 14.4 Å². The summed E-state index contributed by atoms with van der Waals surface area (Å²) in [5.74, 6) is 1.37. The van der Waals surface area contributed by atoms with Gasteiger partial charge in [0.15, 0.2) is 11.6 Å². The van der Waals surface area contributed by atoms with E-state index in [1.165, 1.54) is 12.1 Å². The van der Waals surface area contributed by atoms with E-state index in [1.807, 2.05) is 155 Å². The molecule has 0 spiro atoms. The van der Waals surface area contributed by atoms with Crippen molar-refractivity contribution in [2.45, 2.75) is 31.5 Å². The zero-order chi connectivity index (χ0) is 59.2. The van der Waals surface area contributed by atoms with Crippen molar-refractivity contribution in [1.82, 2.24) is 29.7 Å². The van der Waals surface area contributed by atoms with Crippen molar-refractivity contribution in [2.24, 2.45) is 0 Å². The third kappa shape index (κ3) is 13.6. The number of hydrogen-bond acceptors (Lipinski definition) is 15. The van der Waals surface area contributed by atoms with Crippen molar-refractivity contribution in [2.75, 3.05) is 66.8 Å². The van der Waals surface area contributed by atoms with Crippen molar-refractivity contribution in [3.63, 3.8) is 0 Å². The van der Waals surface area contributed by atoms with Crippen molar-refractivity contribution >= 4 is 68.4 Å². The molecule has 0 radical (unpaired) electrons. The molecule has 85 heavy (non-hydrogen) atoms. The average Bonchev–Trinajstić information content (AvgIpc) is 3.63. The zero-order valence-corrected chi connectivity index (χ0v) is 46.4. The molecular formula is C66H58N12O7. The first-order valence-electron chi connectivity index (χ1n) is 27.4. The van der Waals surface area contributed by atoms with Crippen LogP contribution in [0.4, 0.5) is 27.8 Å². The number of benzene rings is 7. The molecule has 19 nitrogen and oxygen atoms in total. The highest BCUT2D eigenvalue weighted by atomic mass is 16.6. The molecule has 2 atom stereocenters. The number of nitriles is 2. The van der Waals surface area contributed by atoms with Crippen molar-refractivity contribution in [1.29, 1.82) is 10.5 Å². The van der Waals surface area contributed by atoms with Crippen LogP contribution in [-0.4, -0.2) is 117 Å². The normalized spacial score (nSPS) is 14.7. The van der Waals surface area contributed by atoms with Gasteiger partial charge in [-0.1, -0.05) is 146 Å². The molecule has 9 aromatic rings. The molecule has 7 aromatic carbocycles. The maximum atomic E-state index is 13.8. The van der Waals surface area contributed by atoms with Crippen LogP contribution < -0.4 is 25.2 Å². The van der Waals surface area contributed by atoms with Gasteiger partial charge in [-0.25, -0.2) is 24.7 Å². The average molecular weight is 1130 g/mol. The Morgan fingerprint density at radius 2 is 1.07 bits per heavy atom. The molecule has 0 bridgehead atoms. The second-order valence-electron chi connectivity index (χ2n) is 20.0. The number of aromatic hydroxyl groups is 1. The minimum absolute atomic E-state index is 0.0350. The third-order valence-electron chi connectivity index (χ3n) is 14.5. The monoisotopic (exact) mass is 1130 g/mol. The van der Waals surface area contributed by atoms with Gasteiger partial charge in [-0.05, 0) is 34.5 Å². The van der Waals surface area contributed by atoms with Gasteiger partial charge >= 0.3 is 6.09 Å². The van der Waals surface area contributed by atoms with Crippen molar-refractivity contribution in [3.05, 3.63) is 206 Å². The summed E-state index contributed by atoms with van der Waals surface area (Å²) < 4.78 is 11.1. The van der Waals surface area contributed by atoms with E-state index in [2.05, 4.69) is 39.3 Å². The number of fused-ring (bicyclic) bond motifs is 2. The van der Waals surface area contributed by atoms with Crippen LogP contribution >= 0.6 is 0 Å². The lowest BCUT2D eigenvalue weighted by atomic mass is 10.1. The predicted molar refractivity (Wildman–Crippen MR) is 325 cm³/mol. The smallest absolute Gasteiger partial charge is 0.410 e. The van der Waals surface area contributed by atoms with E-state index in [4.69, 9.17) is 19.4 Å². The molecule has 19 heteroatoms. The summed E-state index contributed by atoms with van der Waals surface area (Å²) in [6.45, 7) is 6.02. The molecule has 11 rings (SSSR count). The SMILES string of the molecule is C=CC(=O)N1CCN(c2cc(C(=O)Nc3cc(O)cc4ccccc34)nc(-c3ccccc3)n2)C[C@@H]1CC#N.COc1cc(NC(=O)c2cc(N3CCN(C(=O)OCc4ccccc4)[C@@H](CC#N)C3)nc(-c3ccccc3)n2)c2ccccc2c1. The molecule has 3 N–H and O–H groups in total. The van der Waals surface area contributed by atoms with Crippen LogP contribution in [0, 0.1) is 22.7 Å². The highest BCUT2D eigenvalue weighted by Crippen LogP contribution is 2.33. The zero-order valence-electron chi connectivity index (χ0n) is 46.4. The Balaban J connectivity index is 0.000000192. The van der Waals surface area contributed by atoms with E-state index in [0.717, 1.165) is 38.2 Å². The molecular weight excluding hydrogens is 1070 g/mol. The van der Waals surface area contributed by atoms with Gasteiger partial charge in [0.2, 0.25) is 5.91 Å². The molecule has 0 saturated carbocycles. The molecule has 2 fully saturated rings. The minimum atomic E-state index is -0.470. The largest absolute Gasteiger partial charge is 0.508 e. The lowest BCUT2D eigenvalue weighted by Crippen LogP contribution is -2.55. The number of aromatic nitrogens is 4. The number of nitrogens with one attached hydrogen (secondary N) is 2. The molecule has 0 unspecified atom stereocenters. The summed E-state index contributed by atoms with van der Waals surface area (Å²) in [6.07, 6.45) is 1.06. The van der Waals surface area contributed by atoms with Crippen LogP contribution in [0.15, 0.2) is 189 Å². The summed E-state index contributed by atoms with van der Waals surface area (Å²) in [6, 6.07) is 57.1. The number of amides is 4. The summed E-state index contributed by atoms with van der Waals surface area (Å²) in [4.78, 5) is 78.8. The van der Waals surface area contributed by atoms with E-state index in [9.17, 15) is 34.8 Å². The number of rotatable bonds is 14. The van der Waals surface area contributed by atoms with E-state index in [-0.39, 0.29) is 48.5 Å². The number of nitrogens with zero attached hydrogens (tertiary/aromatic N) is 10. The molecule has 0 aliphatic carbocycles. The summed E-state index contributed by atoms with van der Waals surface area (Å²) in [5.41, 5.74) is 3.76. The molecule has 2 saturated heterocycles. The standard InChI is InChI=1S/C36H32N6O4.C30H26N6O3/c1-45-29-20-27-14-8-9-15-30(27)31(21-29)39-35(43)32-22-33(40-34(38-32)26-12-6-3-7-13-26)41-18-19-42(28(23-41)16-17-37)36(44)46-24-25-10-4-2-5-11-25;1-2-28(38)36-15-14-35(19-22(36)12-13-31)27-18-26(32-29(34-27)20-8-4-3-5-9-20)30(39)33-25-17-23(37)16-21-10-6-7-11-24(21)25/h2-15,20-22,28H,16,18-19,23-24H2,1H3,(H,39,43);2-11,16-18,22,37H,1,12,14-15,19H2,(H,33,39)/t28-;22-/m00/s1. The van der Waals surface area contributed by atoms with Crippen LogP contribution in [-0.2, 0) is 16.1 Å². The van der Waals surface area contributed by atoms with Crippen LogP contribution in [0.1, 0.15) is 39.4 Å².